The van der Waals surface area contributed by atoms with Crippen LogP contribution in [0.25, 0.3) is 17.0 Å². The Hall–Kier alpha value is -2.46. The Balaban J connectivity index is 0.000000701. The van der Waals surface area contributed by atoms with E-state index in [2.05, 4.69) is 47.1 Å². The molecule has 132 valence electrons. The third kappa shape index (κ3) is 5.00. The first-order chi connectivity index (χ1) is 12.1. The van der Waals surface area contributed by atoms with E-state index in [1.807, 2.05) is 24.4 Å². The molecule has 1 unspecified atom stereocenters. The molecule has 0 saturated carbocycles. The third-order valence-corrected chi connectivity index (χ3v) is 3.76. The van der Waals surface area contributed by atoms with Crippen LogP contribution in [0.4, 0.5) is 4.39 Å². The van der Waals surface area contributed by atoms with Crippen molar-refractivity contribution >= 4 is 5.57 Å². The van der Waals surface area contributed by atoms with Crippen LogP contribution in [-0.4, -0.2) is 29.9 Å². The molecular formula is C21H25FN2O. The lowest BCUT2D eigenvalue weighted by molar-refractivity contribution is 0.277. The second kappa shape index (κ2) is 9.14. The molecule has 25 heavy (non-hydrogen) atoms. The van der Waals surface area contributed by atoms with Gasteiger partial charge in [-0.1, -0.05) is 48.1 Å². The molecule has 0 aliphatic heterocycles. The highest BCUT2D eigenvalue weighted by molar-refractivity contribution is 5.74. The molecule has 0 fully saturated rings. The quantitative estimate of drug-likeness (QED) is 0.733. The summed E-state index contributed by atoms with van der Waals surface area (Å²) in [6.07, 6.45) is 8.71. The summed E-state index contributed by atoms with van der Waals surface area (Å²) in [7, 11) is 3.25. The number of allylic oxidation sites excluding steroid dienone is 5. The van der Waals surface area contributed by atoms with Gasteiger partial charge in [0.25, 0.3) is 0 Å². The Bertz CT molecular complexity index is 757. The van der Waals surface area contributed by atoms with Gasteiger partial charge in [0, 0.05) is 38.9 Å². The molecule has 1 heterocycles. The average Bonchev–Trinajstić information content (AvgIpc) is 3.01. The van der Waals surface area contributed by atoms with Crippen molar-refractivity contribution in [3.63, 3.8) is 0 Å². The number of nitrogens with zero attached hydrogens (tertiary/aromatic N) is 2. The first kappa shape index (κ1) is 18.9. The summed E-state index contributed by atoms with van der Waals surface area (Å²) in [6.45, 7) is 6.57. The number of benzene rings is 1. The maximum Gasteiger partial charge on any atom is 0.140 e. The number of hydrogen-bond donors (Lipinski definition) is 0. The van der Waals surface area contributed by atoms with Crippen molar-refractivity contribution in [3.8, 4) is 11.4 Å². The van der Waals surface area contributed by atoms with E-state index in [1.165, 1.54) is 5.56 Å². The van der Waals surface area contributed by atoms with Gasteiger partial charge in [-0.15, -0.1) is 6.58 Å². The zero-order valence-corrected chi connectivity index (χ0v) is 15.1. The van der Waals surface area contributed by atoms with Crippen molar-refractivity contribution in [2.45, 2.75) is 26.1 Å². The first-order valence-electron chi connectivity index (χ1n) is 8.27. The number of imidazole rings is 1. The molecule has 1 atom stereocenters. The average molecular weight is 340 g/mol. The van der Waals surface area contributed by atoms with Gasteiger partial charge in [0.15, 0.2) is 0 Å². The molecular weight excluding hydrogens is 315 g/mol. The Morgan fingerprint density at radius 1 is 1.32 bits per heavy atom. The second-order valence-corrected chi connectivity index (χ2v) is 5.94. The fraction of sp³-hybridized carbons (Fsp3) is 0.286. The van der Waals surface area contributed by atoms with Gasteiger partial charge >= 0.3 is 0 Å². The molecule has 1 aliphatic carbocycles. The predicted molar refractivity (Wildman–Crippen MR) is 102 cm³/mol. The highest BCUT2D eigenvalue weighted by Crippen LogP contribution is 2.26. The number of rotatable bonds is 4. The molecule has 0 spiro atoms. The zero-order chi connectivity index (χ0) is 18.2. The van der Waals surface area contributed by atoms with E-state index in [-0.39, 0.29) is 0 Å². The highest BCUT2D eigenvalue weighted by Gasteiger charge is 2.14. The van der Waals surface area contributed by atoms with E-state index in [4.69, 9.17) is 4.98 Å². The number of hydrogen-bond acceptors (Lipinski definition) is 2. The van der Waals surface area contributed by atoms with E-state index < -0.39 is 6.17 Å². The van der Waals surface area contributed by atoms with Gasteiger partial charge in [0.2, 0.25) is 0 Å². The first-order valence-corrected chi connectivity index (χ1v) is 8.27. The molecule has 0 radical (unpaired) electrons. The number of halogens is 1. The third-order valence-electron chi connectivity index (χ3n) is 3.76. The lowest BCUT2D eigenvalue weighted by Gasteiger charge is -2.06. The Kier molecular flexibility index (Phi) is 6.90. The summed E-state index contributed by atoms with van der Waals surface area (Å²) in [5, 5.41) is 0. The Morgan fingerprint density at radius 3 is 2.56 bits per heavy atom. The van der Waals surface area contributed by atoms with Gasteiger partial charge in [-0.25, -0.2) is 9.37 Å². The van der Waals surface area contributed by atoms with Crippen LogP contribution in [0.3, 0.4) is 0 Å². The molecule has 1 aromatic carbocycles. The number of alkyl halides is 1. The van der Waals surface area contributed by atoms with Crippen molar-refractivity contribution in [3.05, 3.63) is 72.6 Å². The minimum absolute atomic E-state index is 0.417. The predicted octanol–water partition coefficient (Wildman–Crippen LogP) is 4.99. The Labute approximate surface area is 149 Å². The van der Waals surface area contributed by atoms with Crippen molar-refractivity contribution in [2.24, 2.45) is 0 Å². The fourth-order valence-electron chi connectivity index (χ4n) is 2.55. The largest absolute Gasteiger partial charge is 0.388 e. The molecule has 3 nitrogen and oxygen atoms in total. The van der Waals surface area contributed by atoms with Gasteiger partial charge in [0.1, 0.15) is 12.0 Å². The van der Waals surface area contributed by atoms with Crippen LogP contribution in [0, 0.1) is 6.92 Å². The van der Waals surface area contributed by atoms with Crippen LogP contribution in [0.15, 0.2) is 61.3 Å². The SMILES string of the molecule is C=CCn1cc(C2=CCC(F)C=C2)nc1-c1ccc(C)cc1.COC. The molecule has 3 rings (SSSR count). The summed E-state index contributed by atoms with van der Waals surface area (Å²) in [6, 6.07) is 8.30. The van der Waals surface area contributed by atoms with Crippen molar-refractivity contribution in [1.82, 2.24) is 9.55 Å². The smallest absolute Gasteiger partial charge is 0.140 e. The summed E-state index contributed by atoms with van der Waals surface area (Å²) >= 11 is 0. The molecule has 1 aliphatic rings. The minimum atomic E-state index is -0.879. The van der Waals surface area contributed by atoms with E-state index in [0.29, 0.717) is 13.0 Å². The molecule has 4 heteroatoms. The summed E-state index contributed by atoms with van der Waals surface area (Å²) in [5.41, 5.74) is 4.14. The molecule has 2 aromatic rings. The maximum atomic E-state index is 13.2. The number of aromatic nitrogens is 2. The maximum absolute atomic E-state index is 13.2. The standard InChI is InChI=1S/C19H19FN2.C2H6O/c1-3-12-22-13-18(15-8-10-17(20)11-9-15)21-19(22)16-6-4-14(2)5-7-16;1-3-2/h3-10,13,17H,1,11-12H2,2H3;1-2H3. The summed E-state index contributed by atoms with van der Waals surface area (Å²) in [5.74, 6) is 0.909. The van der Waals surface area contributed by atoms with Gasteiger partial charge < -0.3 is 9.30 Å². The van der Waals surface area contributed by atoms with Crippen LogP contribution in [0.2, 0.25) is 0 Å². The van der Waals surface area contributed by atoms with Crippen LogP contribution in [0.1, 0.15) is 17.7 Å². The topological polar surface area (TPSA) is 27.1 Å². The zero-order valence-electron chi connectivity index (χ0n) is 15.1. The normalized spacial score (nSPS) is 16.0. The summed E-state index contributed by atoms with van der Waals surface area (Å²) < 4.78 is 19.5. The summed E-state index contributed by atoms with van der Waals surface area (Å²) in [4.78, 5) is 4.75. The number of methoxy groups -OCH3 is 1. The van der Waals surface area contributed by atoms with E-state index in [0.717, 1.165) is 22.7 Å². The molecule has 0 amide bonds. The highest BCUT2D eigenvalue weighted by atomic mass is 19.1. The van der Waals surface area contributed by atoms with E-state index in [1.54, 1.807) is 20.3 Å². The van der Waals surface area contributed by atoms with Crippen LogP contribution >= 0.6 is 0 Å². The van der Waals surface area contributed by atoms with Gasteiger partial charge in [0.05, 0.1) is 5.69 Å². The minimum Gasteiger partial charge on any atom is -0.388 e. The van der Waals surface area contributed by atoms with E-state index in [9.17, 15) is 4.39 Å². The molecule has 0 N–H and O–H groups in total. The second-order valence-electron chi connectivity index (χ2n) is 5.94. The lowest BCUT2D eigenvalue weighted by atomic mass is 10.0. The lowest BCUT2D eigenvalue weighted by Crippen LogP contribution is -1.98. The van der Waals surface area contributed by atoms with Gasteiger partial charge in [-0.05, 0) is 18.6 Å². The van der Waals surface area contributed by atoms with Gasteiger partial charge in [-0.3, -0.25) is 0 Å². The van der Waals surface area contributed by atoms with Crippen LogP contribution < -0.4 is 0 Å². The van der Waals surface area contributed by atoms with Crippen LogP contribution in [0.5, 0.6) is 0 Å². The van der Waals surface area contributed by atoms with Crippen molar-refractivity contribution in [2.75, 3.05) is 14.2 Å². The van der Waals surface area contributed by atoms with E-state index >= 15 is 0 Å². The Morgan fingerprint density at radius 2 is 2.00 bits per heavy atom. The fourth-order valence-corrected chi connectivity index (χ4v) is 2.55. The van der Waals surface area contributed by atoms with Crippen molar-refractivity contribution in [1.29, 1.82) is 0 Å². The van der Waals surface area contributed by atoms with Gasteiger partial charge in [-0.2, -0.15) is 0 Å². The van der Waals surface area contributed by atoms with Crippen LogP contribution in [-0.2, 0) is 11.3 Å². The molecule has 0 saturated heterocycles. The molecule has 1 aromatic heterocycles. The number of aryl methyl sites for hydroxylation is 1. The molecule has 0 bridgehead atoms. The monoisotopic (exact) mass is 340 g/mol. The number of ether oxygens (including phenoxy) is 1. The van der Waals surface area contributed by atoms with Crippen molar-refractivity contribution < 1.29 is 9.13 Å².